The quantitative estimate of drug-likeness (QED) is 0.133. The summed E-state index contributed by atoms with van der Waals surface area (Å²) >= 11 is 1.03. The van der Waals surface area contributed by atoms with Crippen LogP contribution in [0.25, 0.3) is 6.08 Å². The van der Waals surface area contributed by atoms with Crippen molar-refractivity contribution in [3.05, 3.63) is 118 Å². The molecule has 1 aromatic heterocycles. The molecule has 12 nitrogen and oxygen atoms in total. The Labute approximate surface area is 267 Å². The Kier molecular flexibility index (Phi) is 9.52. The minimum absolute atomic E-state index is 0.110. The molecule has 13 heteroatoms. The average Bonchev–Trinajstić information content (AvgIpc) is 3.36. The fourth-order valence-electron chi connectivity index (χ4n) is 5.13. The Morgan fingerprint density at radius 3 is 2.41 bits per heavy atom. The molecular formula is C33H31N3O9S. The molecule has 0 N–H and O–H groups in total. The average molecular weight is 646 g/mol. The number of carbonyl (C=O) groups is 1. The molecule has 1 atom stereocenters. The summed E-state index contributed by atoms with van der Waals surface area (Å²) in [6.07, 6.45) is 1.41. The van der Waals surface area contributed by atoms with E-state index in [-0.39, 0.29) is 50.9 Å². The number of methoxy groups -OCH3 is 3. The van der Waals surface area contributed by atoms with Crippen molar-refractivity contribution >= 4 is 29.1 Å². The largest absolute Gasteiger partial charge is 0.497 e. The second-order valence-electron chi connectivity index (χ2n) is 10.0. The topological polar surface area (TPSA) is 141 Å². The lowest BCUT2D eigenvalue weighted by molar-refractivity contribution is -0.385. The van der Waals surface area contributed by atoms with Crippen molar-refractivity contribution in [2.45, 2.75) is 26.5 Å². The molecule has 238 valence electrons. The van der Waals surface area contributed by atoms with Crippen LogP contribution in [0.3, 0.4) is 0 Å². The summed E-state index contributed by atoms with van der Waals surface area (Å²) in [5.41, 5.74) is 1.16. The number of aromatic nitrogens is 1. The van der Waals surface area contributed by atoms with Gasteiger partial charge in [0.15, 0.2) is 16.3 Å². The number of ether oxygens (including phenoxy) is 5. The highest BCUT2D eigenvalue weighted by Gasteiger charge is 2.35. The van der Waals surface area contributed by atoms with Gasteiger partial charge in [-0.2, -0.15) is 0 Å². The number of allylic oxidation sites excluding steroid dienone is 1. The number of thiazole rings is 1. The molecule has 4 aromatic rings. The number of nitro benzene ring substituents is 1. The molecule has 0 bridgehead atoms. The van der Waals surface area contributed by atoms with E-state index in [0.717, 1.165) is 16.9 Å². The Morgan fingerprint density at radius 2 is 1.76 bits per heavy atom. The summed E-state index contributed by atoms with van der Waals surface area (Å²) in [5.74, 6) is 0.673. The molecule has 0 aliphatic carbocycles. The van der Waals surface area contributed by atoms with Gasteiger partial charge in [0.1, 0.15) is 24.1 Å². The summed E-state index contributed by atoms with van der Waals surface area (Å²) in [7, 11) is 4.41. The molecule has 2 heterocycles. The van der Waals surface area contributed by atoms with E-state index in [4.69, 9.17) is 23.7 Å². The van der Waals surface area contributed by atoms with E-state index in [0.29, 0.717) is 22.8 Å². The third kappa shape index (κ3) is 6.22. The van der Waals surface area contributed by atoms with Gasteiger partial charge in [-0.25, -0.2) is 9.79 Å². The maximum absolute atomic E-state index is 14.2. The van der Waals surface area contributed by atoms with Crippen LogP contribution in [0.15, 0.2) is 81.7 Å². The number of benzene rings is 3. The maximum Gasteiger partial charge on any atom is 0.338 e. The zero-order valence-electron chi connectivity index (χ0n) is 25.8. The van der Waals surface area contributed by atoms with Gasteiger partial charge in [0.2, 0.25) is 0 Å². The molecule has 0 saturated carbocycles. The van der Waals surface area contributed by atoms with Crippen molar-refractivity contribution in [3.8, 4) is 23.0 Å². The van der Waals surface area contributed by atoms with Crippen molar-refractivity contribution in [3.63, 3.8) is 0 Å². The van der Waals surface area contributed by atoms with Crippen LogP contribution in [0.2, 0.25) is 0 Å². The number of nitrogens with zero attached hydrogens (tertiary/aromatic N) is 3. The van der Waals surface area contributed by atoms with Crippen LogP contribution in [-0.2, 0) is 16.1 Å². The molecular weight excluding hydrogens is 614 g/mol. The highest BCUT2D eigenvalue weighted by molar-refractivity contribution is 7.07. The number of esters is 1. The van der Waals surface area contributed by atoms with Crippen LogP contribution in [0.4, 0.5) is 5.69 Å². The SMILES string of the molecule is CCOC(=O)C1=C(C)N=c2s/c(=C\c3cc(OC)c(OCc4ccccc4)cc3[N+](=O)[O-])c(=O)n2[C@H]1c1cc(OC)ccc1OC. The van der Waals surface area contributed by atoms with E-state index in [1.165, 1.54) is 44.1 Å². The number of hydrogen-bond acceptors (Lipinski definition) is 11. The Bertz CT molecular complexity index is 2020. The zero-order chi connectivity index (χ0) is 33.0. The standard InChI is InChI=1S/C33H31N3O9S/c1-6-44-32(38)29-19(2)34-33-35(30(29)23-16-22(41-3)12-13-25(23)42-4)31(37)28(46-33)15-21-14-26(43-5)27(17-24(21)36(39)40)45-18-20-10-8-7-9-11-20/h7-17,30H,6,18H2,1-5H3/b28-15-/t30-/m0/s1. The van der Waals surface area contributed by atoms with Crippen LogP contribution < -0.4 is 33.8 Å². The van der Waals surface area contributed by atoms with Gasteiger partial charge in [0.25, 0.3) is 11.2 Å². The molecule has 0 spiro atoms. The summed E-state index contributed by atoms with van der Waals surface area (Å²) in [6.45, 7) is 3.62. The van der Waals surface area contributed by atoms with Crippen molar-refractivity contribution in [1.82, 2.24) is 4.57 Å². The van der Waals surface area contributed by atoms with Crippen LogP contribution in [0.5, 0.6) is 23.0 Å². The van der Waals surface area contributed by atoms with Crippen LogP contribution >= 0.6 is 11.3 Å². The Hall–Kier alpha value is -5.43. The Balaban J connectivity index is 1.69. The van der Waals surface area contributed by atoms with Gasteiger partial charge in [-0.3, -0.25) is 19.5 Å². The van der Waals surface area contributed by atoms with Gasteiger partial charge in [-0.15, -0.1) is 0 Å². The summed E-state index contributed by atoms with van der Waals surface area (Å²) in [4.78, 5) is 44.0. The van der Waals surface area contributed by atoms with Crippen molar-refractivity contribution < 1.29 is 33.4 Å². The second-order valence-corrected chi connectivity index (χ2v) is 11.0. The maximum atomic E-state index is 14.2. The fraction of sp³-hybridized carbons (Fsp3) is 0.242. The summed E-state index contributed by atoms with van der Waals surface area (Å²) in [6, 6.07) is 16.2. The highest BCUT2D eigenvalue weighted by Crippen LogP contribution is 2.38. The smallest absolute Gasteiger partial charge is 0.338 e. The van der Waals surface area contributed by atoms with E-state index < -0.39 is 22.5 Å². The second kappa shape index (κ2) is 13.7. The normalized spacial score (nSPS) is 14.3. The van der Waals surface area contributed by atoms with Crippen LogP contribution in [0, 0.1) is 10.1 Å². The van der Waals surface area contributed by atoms with Gasteiger partial charge in [0.05, 0.1) is 60.3 Å². The minimum atomic E-state index is -0.985. The molecule has 3 aromatic carbocycles. The van der Waals surface area contributed by atoms with Crippen molar-refractivity contribution in [2.75, 3.05) is 27.9 Å². The van der Waals surface area contributed by atoms with Gasteiger partial charge in [-0.1, -0.05) is 41.7 Å². The van der Waals surface area contributed by atoms with E-state index in [1.54, 1.807) is 32.0 Å². The first-order chi connectivity index (χ1) is 22.2. The molecule has 1 aliphatic heterocycles. The molecule has 46 heavy (non-hydrogen) atoms. The Morgan fingerprint density at radius 1 is 1.02 bits per heavy atom. The predicted octanol–water partition coefficient (Wildman–Crippen LogP) is 4.31. The molecule has 0 saturated heterocycles. The minimum Gasteiger partial charge on any atom is -0.497 e. The van der Waals surface area contributed by atoms with Crippen LogP contribution in [-0.4, -0.2) is 43.4 Å². The molecule has 0 amide bonds. The molecule has 0 unspecified atom stereocenters. The number of carbonyl (C=O) groups excluding carboxylic acids is 1. The number of fused-ring (bicyclic) bond motifs is 1. The third-order valence-corrected chi connectivity index (χ3v) is 8.26. The molecule has 5 rings (SSSR count). The van der Waals surface area contributed by atoms with E-state index in [1.807, 2.05) is 30.3 Å². The monoisotopic (exact) mass is 645 g/mol. The first-order valence-corrected chi connectivity index (χ1v) is 15.0. The number of hydrogen-bond donors (Lipinski definition) is 0. The summed E-state index contributed by atoms with van der Waals surface area (Å²) in [5, 5.41) is 12.2. The van der Waals surface area contributed by atoms with E-state index in [9.17, 15) is 19.7 Å². The van der Waals surface area contributed by atoms with Gasteiger partial charge >= 0.3 is 5.97 Å². The fourth-order valence-corrected chi connectivity index (χ4v) is 6.16. The molecule has 0 fully saturated rings. The van der Waals surface area contributed by atoms with Crippen molar-refractivity contribution in [2.24, 2.45) is 4.99 Å². The first-order valence-electron chi connectivity index (χ1n) is 14.1. The van der Waals surface area contributed by atoms with Crippen molar-refractivity contribution in [1.29, 1.82) is 0 Å². The molecule has 0 radical (unpaired) electrons. The lowest BCUT2D eigenvalue weighted by Gasteiger charge is -2.26. The third-order valence-electron chi connectivity index (χ3n) is 7.28. The van der Waals surface area contributed by atoms with Gasteiger partial charge < -0.3 is 23.7 Å². The first kappa shape index (κ1) is 32.0. The lowest BCUT2D eigenvalue weighted by atomic mass is 9.94. The highest BCUT2D eigenvalue weighted by atomic mass is 32.1. The molecule has 1 aliphatic rings. The van der Waals surface area contributed by atoms with Gasteiger partial charge in [-0.05, 0) is 49.8 Å². The number of nitro groups is 1. The van der Waals surface area contributed by atoms with Crippen LogP contribution in [0.1, 0.15) is 36.6 Å². The number of rotatable bonds is 11. The predicted molar refractivity (Wildman–Crippen MR) is 170 cm³/mol. The van der Waals surface area contributed by atoms with E-state index >= 15 is 0 Å². The summed E-state index contributed by atoms with van der Waals surface area (Å²) < 4.78 is 29.3. The lowest BCUT2D eigenvalue weighted by Crippen LogP contribution is -2.40. The van der Waals surface area contributed by atoms with Gasteiger partial charge in [0, 0.05) is 5.56 Å². The zero-order valence-corrected chi connectivity index (χ0v) is 26.6. The van der Waals surface area contributed by atoms with E-state index in [2.05, 4.69) is 4.99 Å².